The number of nitrogens with zero attached hydrogens (tertiary/aromatic N) is 2. The third-order valence-corrected chi connectivity index (χ3v) is 10.3. The molecule has 7 aromatic rings. The van der Waals surface area contributed by atoms with E-state index in [-0.39, 0.29) is 21.7 Å². The largest absolute Gasteiger partial charge is 0.309 e. The summed E-state index contributed by atoms with van der Waals surface area (Å²) in [6.07, 6.45) is 0. The molecule has 0 saturated carbocycles. The first-order valence-electron chi connectivity index (χ1n) is 17.6. The quantitative estimate of drug-likeness (QED) is 0.179. The first kappa shape index (κ1) is 32.3. The lowest BCUT2D eigenvalue weighted by Crippen LogP contribution is -2.19. The number of fused-ring (bicyclic) bond motifs is 6. The van der Waals surface area contributed by atoms with E-state index < -0.39 is 0 Å². The van der Waals surface area contributed by atoms with Crippen LogP contribution >= 0.6 is 0 Å². The highest BCUT2D eigenvalue weighted by molar-refractivity contribution is 6.11. The van der Waals surface area contributed by atoms with Crippen molar-refractivity contribution in [2.75, 3.05) is 0 Å². The molecule has 0 aliphatic rings. The monoisotopic (exact) mass is 632 g/mol. The third kappa shape index (κ3) is 5.16. The Labute approximate surface area is 287 Å². The highest BCUT2D eigenvalue weighted by Crippen LogP contribution is 2.44. The van der Waals surface area contributed by atoms with Crippen LogP contribution in [0.4, 0.5) is 0 Å². The van der Waals surface area contributed by atoms with Crippen molar-refractivity contribution in [1.82, 2.24) is 9.13 Å². The maximum atomic E-state index is 2.54. The minimum atomic E-state index is -0.144. The molecular formula is C46H52N2. The third-order valence-electron chi connectivity index (χ3n) is 10.3. The number of para-hydroxylation sites is 1. The fourth-order valence-corrected chi connectivity index (χ4v) is 7.58. The summed E-state index contributed by atoms with van der Waals surface area (Å²) in [6, 6.07) is 37.2. The van der Waals surface area contributed by atoms with Gasteiger partial charge < -0.3 is 9.13 Å². The molecule has 0 aliphatic heterocycles. The molecule has 0 bridgehead atoms. The number of hydrogen-bond donors (Lipinski definition) is 0. The molecule has 2 heteroatoms. The topological polar surface area (TPSA) is 9.86 Å². The van der Waals surface area contributed by atoms with Crippen molar-refractivity contribution in [2.45, 2.75) is 105 Å². The summed E-state index contributed by atoms with van der Waals surface area (Å²) in [6.45, 7) is 27.9. The van der Waals surface area contributed by atoms with Gasteiger partial charge in [0.25, 0.3) is 0 Å². The van der Waals surface area contributed by atoms with Crippen LogP contribution in [0.5, 0.6) is 0 Å². The average Bonchev–Trinajstić information content (AvgIpc) is 3.50. The molecule has 48 heavy (non-hydrogen) atoms. The summed E-state index contributed by atoms with van der Waals surface area (Å²) >= 11 is 0. The molecule has 0 radical (unpaired) electrons. The van der Waals surface area contributed by atoms with Gasteiger partial charge >= 0.3 is 0 Å². The van der Waals surface area contributed by atoms with Crippen LogP contribution in [-0.4, -0.2) is 9.13 Å². The molecule has 2 heterocycles. The van der Waals surface area contributed by atoms with Crippen LogP contribution in [0.25, 0.3) is 55.0 Å². The van der Waals surface area contributed by atoms with Crippen LogP contribution < -0.4 is 0 Å². The number of rotatable bonds is 2. The molecule has 0 spiro atoms. The van der Waals surface area contributed by atoms with Gasteiger partial charge in [0.2, 0.25) is 0 Å². The molecule has 0 atom stereocenters. The van der Waals surface area contributed by atoms with Gasteiger partial charge in [-0.25, -0.2) is 0 Å². The average molecular weight is 633 g/mol. The van der Waals surface area contributed by atoms with Crippen LogP contribution in [0.3, 0.4) is 0 Å². The van der Waals surface area contributed by atoms with Gasteiger partial charge in [-0.15, -0.1) is 0 Å². The van der Waals surface area contributed by atoms with E-state index in [0.717, 1.165) is 0 Å². The summed E-state index contributed by atoms with van der Waals surface area (Å²) in [5.74, 6) is 0. The summed E-state index contributed by atoms with van der Waals surface area (Å²) in [4.78, 5) is 0. The highest BCUT2D eigenvalue weighted by atomic mass is 15.0. The first-order valence-corrected chi connectivity index (χ1v) is 17.6. The molecule has 246 valence electrons. The molecule has 0 saturated heterocycles. The minimum Gasteiger partial charge on any atom is -0.309 e. The molecule has 0 unspecified atom stereocenters. The predicted molar refractivity (Wildman–Crippen MR) is 210 cm³/mol. The second-order valence-electron chi connectivity index (χ2n) is 18.1. The summed E-state index contributed by atoms with van der Waals surface area (Å²) in [5.41, 5.74) is 12.9. The van der Waals surface area contributed by atoms with Gasteiger partial charge in [0, 0.05) is 27.1 Å². The minimum absolute atomic E-state index is 0.0597. The molecule has 0 aliphatic carbocycles. The summed E-state index contributed by atoms with van der Waals surface area (Å²) in [5, 5.41) is 5.25. The molecule has 2 aromatic heterocycles. The van der Waals surface area contributed by atoms with E-state index in [1.807, 2.05) is 0 Å². The normalized spacial score (nSPS) is 13.4. The van der Waals surface area contributed by atoms with Crippen molar-refractivity contribution in [2.24, 2.45) is 0 Å². The van der Waals surface area contributed by atoms with Crippen LogP contribution in [0.1, 0.15) is 105 Å². The standard InChI is InChI=1S/C46H52N2/c1-43(2,3)29-20-23-37-33(26-29)32-16-13-14-17-36(32)47(37)40-18-15-19-41(42(40)46(10,11)12)48-38-24-21-30(44(4,5)6)27-34(38)35-28-31(45(7,8)9)22-25-39(35)48/h13-28H,1-12H3. The van der Waals surface area contributed by atoms with E-state index in [2.05, 4.69) is 189 Å². The molecule has 2 nitrogen and oxygen atoms in total. The molecule has 0 fully saturated rings. The van der Waals surface area contributed by atoms with Crippen molar-refractivity contribution in [1.29, 1.82) is 0 Å². The van der Waals surface area contributed by atoms with E-state index in [1.165, 1.54) is 77.2 Å². The van der Waals surface area contributed by atoms with Crippen LogP contribution in [0.15, 0.2) is 97.1 Å². The molecule has 7 rings (SSSR count). The first-order chi connectivity index (χ1) is 22.4. The van der Waals surface area contributed by atoms with E-state index >= 15 is 0 Å². The van der Waals surface area contributed by atoms with E-state index in [1.54, 1.807) is 0 Å². The van der Waals surface area contributed by atoms with Crippen molar-refractivity contribution in [3.05, 3.63) is 119 Å². The fraction of sp³-hybridized carbons (Fsp3) is 0.348. The fourth-order valence-electron chi connectivity index (χ4n) is 7.58. The second-order valence-corrected chi connectivity index (χ2v) is 18.1. The van der Waals surface area contributed by atoms with Crippen LogP contribution in [-0.2, 0) is 21.7 Å². The number of benzene rings is 5. The summed E-state index contributed by atoms with van der Waals surface area (Å²) < 4.78 is 5.06. The molecule has 0 amide bonds. The highest BCUT2D eigenvalue weighted by Gasteiger charge is 2.29. The molecular weight excluding hydrogens is 581 g/mol. The molecule has 0 N–H and O–H groups in total. The van der Waals surface area contributed by atoms with Crippen molar-refractivity contribution in [3.8, 4) is 11.4 Å². The lowest BCUT2D eigenvalue weighted by atomic mass is 9.84. The van der Waals surface area contributed by atoms with Crippen molar-refractivity contribution < 1.29 is 0 Å². The zero-order valence-electron chi connectivity index (χ0n) is 31.1. The Morgan fingerprint density at radius 1 is 0.333 bits per heavy atom. The van der Waals surface area contributed by atoms with Gasteiger partial charge in [0.05, 0.1) is 33.4 Å². The Balaban J connectivity index is 1.61. The van der Waals surface area contributed by atoms with E-state index in [0.29, 0.717) is 0 Å². The lowest BCUT2D eigenvalue weighted by molar-refractivity contribution is 0.584. The number of aromatic nitrogens is 2. The van der Waals surface area contributed by atoms with Crippen molar-refractivity contribution >= 4 is 43.6 Å². The van der Waals surface area contributed by atoms with Gasteiger partial charge in [-0.2, -0.15) is 0 Å². The SMILES string of the molecule is CC(C)(C)c1ccc2c(c1)c1ccccc1n2-c1cccc(-n2c3ccc(C(C)(C)C)cc3c3cc(C(C)(C)C)ccc32)c1C(C)(C)C. The van der Waals surface area contributed by atoms with Crippen molar-refractivity contribution in [3.63, 3.8) is 0 Å². The Hall–Kier alpha value is -4.30. The molecule has 5 aromatic carbocycles. The second kappa shape index (κ2) is 10.6. The van der Waals surface area contributed by atoms with Crippen LogP contribution in [0, 0.1) is 0 Å². The van der Waals surface area contributed by atoms with Gasteiger partial charge in [-0.3, -0.25) is 0 Å². The van der Waals surface area contributed by atoms with Gasteiger partial charge in [-0.05, 0) is 92.9 Å². The Kier molecular flexibility index (Phi) is 7.12. The zero-order chi connectivity index (χ0) is 34.6. The smallest absolute Gasteiger partial charge is 0.0541 e. The zero-order valence-corrected chi connectivity index (χ0v) is 31.1. The Morgan fingerprint density at radius 3 is 1.06 bits per heavy atom. The maximum Gasteiger partial charge on any atom is 0.0541 e. The van der Waals surface area contributed by atoms with E-state index in [4.69, 9.17) is 0 Å². The van der Waals surface area contributed by atoms with Crippen LogP contribution in [0.2, 0.25) is 0 Å². The predicted octanol–water partition coefficient (Wildman–Crippen LogP) is 13.1. The van der Waals surface area contributed by atoms with Gasteiger partial charge in [0.15, 0.2) is 0 Å². The lowest BCUT2D eigenvalue weighted by Gasteiger charge is -2.29. The number of hydrogen-bond acceptors (Lipinski definition) is 0. The van der Waals surface area contributed by atoms with Gasteiger partial charge in [-0.1, -0.05) is 126 Å². The van der Waals surface area contributed by atoms with Gasteiger partial charge in [0.1, 0.15) is 0 Å². The maximum absolute atomic E-state index is 2.54. The Morgan fingerprint density at radius 2 is 0.688 bits per heavy atom. The Bertz CT molecular complexity index is 2290. The van der Waals surface area contributed by atoms with E-state index in [9.17, 15) is 0 Å². The summed E-state index contributed by atoms with van der Waals surface area (Å²) in [7, 11) is 0.